The van der Waals surface area contributed by atoms with Gasteiger partial charge in [-0.15, -0.1) is 0 Å². The van der Waals surface area contributed by atoms with Crippen molar-refractivity contribution < 1.29 is 9.47 Å². The Hall–Kier alpha value is -1.56. The molecule has 0 aliphatic heterocycles. The van der Waals surface area contributed by atoms with E-state index in [4.69, 9.17) is 15.3 Å². The van der Waals surface area contributed by atoms with Crippen LogP contribution < -0.4 is 20.7 Å². The maximum Gasteiger partial charge on any atom is 0.124 e. The summed E-state index contributed by atoms with van der Waals surface area (Å²) in [4.78, 5) is 0. The van der Waals surface area contributed by atoms with Gasteiger partial charge in [-0.25, -0.2) is 5.43 Å². The first-order valence-corrected chi connectivity index (χ1v) is 7.34. The predicted molar refractivity (Wildman–Crippen MR) is 87.6 cm³/mol. The minimum Gasteiger partial charge on any atom is -0.497 e. The molecule has 0 saturated carbocycles. The monoisotopic (exact) mass is 350 g/mol. The van der Waals surface area contributed by atoms with Gasteiger partial charge in [-0.2, -0.15) is 0 Å². The van der Waals surface area contributed by atoms with Crippen molar-refractivity contribution in [2.24, 2.45) is 5.84 Å². The quantitative estimate of drug-likeness (QED) is 0.641. The lowest BCUT2D eigenvalue weighted by Gasteiger charge is -2.21. The number of hydrogen-bond donors (Lipinski definition) is 2. The lowest BCUT2D eigenvalue weighted by Crippen LogP contribution is -2.29. The van der Waals surface area contributed by atoms with Crippen molar-refractivity contribution in [3.8, 4) is 11.5 Å². The molecule has 0 saturated heterocycles. The Labute approximate surface area is 133 Å². The van der Waals surface area contributed by atoms with Crippen LogP contribution >= 0.6 is 15.9 Å². The molecular weight excluding hydrogens is 332 g/mol. The topological polar surface area (TPSA) is 56.5 Å². The summed E-state index contributed by atoms with van der Waals surface area (Å²) in [5.74, 6) is 7.37. The molecule has 21 heavy (non-hydrogen) atoms. The van der Waals surface area contributed by atoms with Gasteiger partial charge < -0.3 is 9.47 Å². The van der Waals surface area contributed by atoms with Gasteiger partial charge in [0.1, 0.15) is 11.5 Å². The molecule has 0 heterocycles. The summed E-state index contributed by atoms with van der Waals surface area (Å²) in [6, 6.07) is 11.6. The van der Waals surface area contributed by atoms with E-state index >= 15 is 0 Å². The molecule has 0 amide bonds. The molecule has 2 aromatic rings. The molecule has 3 N–H and O–H groups in total. The molecule has 1 atom stereocenters. The third kappa shape index (κ3) is 3.37. The first kappa shape index (κ1) is 15.8. The highest BCUT2D eigenvalue weighted by Gasteiger charge is 2.20. The van der Waals surface area contributed by atoms with Crippen molar-refractivity contribution >= 4 is 15.9 Å². The smallest absolute Gasteiger partial charge is 0.124 e. The van der Waals surface area contributed by atoms with Gasteiger partial charge in [0, 0.05) is 10.0 Å². The maximum absolute atomic E-state index is 5.80. The van der Waals surface area contributed by atoms with Crippen LogP contribution in [0.25, 0.3) is 0 Å². The summed E-state index contributed by atoms with van der Waals surface area (Å²) in [6.07, 6.45) is 0. The molecular formula is C16H19BrN2O2. The second-order valence-corrected chi connectivity index (χ2v) is 5.59. The van der Waals surface area contributed by atoms with Gasteiger partial charge in [0.25, 0.3) is 0 Å². The largest absolute Gasteiger partial charge is 0.497 e. The van der Waals surface area contributed by atoms with Gasteiger partial charge in [-0.1, -0.05) is 33.6 Å². The number of hydrogen-bond acceptors (Lipinski definition) is 4. The molecule has 0 fully saturated rings. The molecule has 0 aliphatic carbocycles. The van der Waals surface area contributed by atoms with Crippen molar-refractivity contribution in [3.05, 3.63) is 57.6 Å². The fourth-order valence-corrected chi connectivity index (χ4v) is 2.77. The van der Waals surface area contributed by atoms with Crippen LogP contribution in [0.2, 0.25) is 0 Å². The molecule has 0 aromatic heterocycles. The lowest BCUT2D eigenvalue weighted by molar-refractivity contribution is 0.402. The number of aryl methyl sites for hydroxylation is 1. The summed E-state index contributed by atoms with van der Waals surface area (Å²) in [7, 11) is 3.30. The molecule has 2 rings (SSSR count). The number of nitrogens with one attached hydrogen (secondary N) is 1. The highest BCUT2D eigenvalue weighted by Crippen LogP contribution is 2.35. The number of methoxy groups -OCH3 is 2. The van der Waals surface area contributed by atoms with Crippen molar-refractivity contribution in [3.63, 3.8) is 0 Å². The van der Waals surface area contributed by atoms with E-state index in [1.165, 1.54) is 0 Å². The van der Waals surface area contributed by atoms with Crippen molar-refractivity contribution in [1.29, 1.82) is 0 Å². The van der Waals surface area contributed by atoms with Crippen LogP contribution in [0.15, 0.2) is 40.9 Å². The Balaban J connectivity index is 2.56. The maximum atomic E-state index is 5.80. The van der Waals surface area contributed by atoms with E-state index in [0.29, 0.717) is 0 Å². The summed E-state index contributed by atoms with van der Waals surface area (Å²) in [6.45, 7) is 2.04. The van der Waals surface area contributed by atoms with E-state index in [1.54, 1.807) is 14.2 Å². The van der Waals surface area contributed by atoms with Gasteiger partial charge >= 0.3 is 0 Å². The van der Waals surface area contributed by atoms with Crippen molar-refractivity contribution in [2.75, 3.05) is 14.2 Å². The average Bonchev–Trinajstić information content (AvgIpc) is 2.50. The lowest BCUT2D eigenvalue weighted by atomic mass is 9.96. The van der Waals surface area contributed by atoms with Crippen LogP contribution in [0.5, 0.6) is 11.5 Å². The predicted octanol–water partition coefficient (Wildman–Crippen LogP) is 3.33. The SMILES string of the molecule is COc1ccc(Br)c(C(NN)c2cc(C)ccc2OC)c1. The van der Waals surface area contributed by atoms with Gasteiger partial charge in [-0.05, 0) is 36.8 Å². The number of rotatable bonds is 5. The fourth-order valence-electron chi connectivity index (χ4n) is 2.30. The van der Waals surface area contributed by atoms with Crippen molar-refractivity contribution in [1.82, 2.24) is 5.43 Å². The Morgan fingerprint density at radius 1 is 1.05 bits per heavy atom. The Morgan fingerprint density at radius 3 is 2.43 bits per heavy atom. The van der Waals surface area contributed by atoms with Crippen LogP contribution in [0, 0.1) is 6.92 Å². The number of benzene rings is 2. The first-order chi connectivity index (χ1) is 10.1. The van der Waals surface area contributed by atoms with E-state index in [2.05, 4.69) is 27.4 Å². The van der Waals surface area contributed by atoms with E-state index in [9.17, 15) is 0 Å². The van der Waals surface area contributed by atoms with Gasteiger partial charge in [0.2, 0.25) is 0 Å². The zero-order valence-electron chi connectivity index (χ0n) is 12.3. The highest BCUT2D eigenvalue weighted by molar-refractivity contribution is 9.10. The van der Waals surface area contributed by atoms with Gasteiger partial charge in [0.15, 0.2) is 0 Å². The third-order valence-electron chi connectivity index (χ3n) is 3.38. The Kier molecular flexibility index (Phi) is 5.22. The van der Waals surface area contributed by atoms with Crippen molar-refractivity contribution in [2.45, 2.75) is 13.0 Å². The van der Waals surface area contributed by atoms with Crippen LogP contribution in [0.3, 0.4) is 0 Å². The first-order valence-electron chi connectivity index (χ1n) is 6.54. The van der Waals surface area contributed by atoms with Gasteiger partial charge in [-0.3, -0.25) is 5.84 Å². The molecule has 2 aromatic carbocycles. The molecule has 0 bridgehead atoms. The normalized spacial score (nSPS) is 12.0. The van der Waals surface area contributed by atoms with Crippen LogP contribution in [-0.4, -0.2) is 14.2 Å². The standard InChI is InChI=1S/C16H19BrN2O2/c1-10-4-7-15(21-3)13(8-10)16(19-18)12-9-11(20-2)5-6-14(12)17/h4-9,16,19H,18H2,1-3H3. The number of halogens is 1. The number of hydrazine groups is 1. The van der Waals surface area contributed by atoms with Gasteiger partial charge in [0.05, 0.1) is 20.3 Å². The molecule has 0 radical (unpaired) electrons. The van der Waals surface area contributed by atoms with E-state index in [-0.39, 0.29) is 6.04 Å². The highest BCUT2D eigenvalue weighted by atomic mass is 79.9. The summed E-state index contributed by atoms with van der Waals surface area (Å²) in [5, 5.41) is 0. The third-order valence-corrected chi connectivity index (χ3v) is 4.10. The molecule has 4 nitrogen and oxygen atoms in total. The Bertz CT molecular complexity index is 632. The summed E-state index contributed by atoms with van der Waals surface area (Å²) >= 11 is 3.57. The minimum atomic E-state index is -0.204. The number of nitrogens with two attached hydrogens (primary N) is 1. The van der Waals surface area contributed by atoms with Crippen LogP contribution in [0.1, 0.15) is 22.7 Å². The van der Waals surface area contributed by atoms with Crippen LogP contribution in [-0.2, 0) is 0 Å². The Morgan fingerprint density at radius 2 is 1.81 bits per heavy atom. The minimum absolute atomic E-state index is 0.204. The fraction of sp³-hybridized carbons (Fsp3) is 0.250. The molecule has 0 spiro atoms. The van der Waals surface area contributed by atoms with E-state index in [0.717, 1.165) is 32.7 Å². The average molecular weight is 351 g/mol. The van der Waals surface area contributed by atoms with E-state index < -0.39 is 0 Å². The number of ether oxygens (including phenoxy) is 2. The molecule has 112 valence electrons. The molecule has 0 aliphatic rings. The summed E-state index contributed by atoms with van der Waals surface area (Å²) in [5.41, 5.74) is 5.97. The molecule has 1 unspecified atom stereocenters. The van der Waals surface area contributed by atoms with Crippen LogP contribution in [0.4, 0.5) is 0 Å². The van der Waals surface area contributed by atoms with E-state index in [1.807, 2.05) is 37.3 Å². The zero-order valence-corrected chi connectivity index (χ0v) is 13.9. The molecule has 5 heteroatoms. The second-order valence-electron chi connectivity index (χ2n) is 4.73. The zero-order chi connectivity index (χ0) is 15.4. The summed E-state index contributed by atoms with van der Waals surface area (Å²) < 4.78 is 11.7. The second kappa shape index (κ2) is 6.93.